The molecule has 0 saturated carbocycles. The van der Waals surface area contributed by atoms with Crippen LogP contribution in [-0.4, -0.2) is 131 Å². The fourth-order valence-corrected chi connectivity index (χ4v) is 10.4. The van der Waals surface area contributed by atoms with E-state index in [1.54, 1.807) is 12.4 Å². The lowest BCUT2D eigenvalue weighted by Crippen LogP contribution is -2.55. The van der Waals surface area contributed by atoms with E-state index in [-0.39, 0.29) is 47.3 Å². The van der Waals surface area contributed by atoms with Crippen LogP contribution in [0.1, 0.15) is 103 Å². The van der Waals surface area contributed by atoms with Gasteiger partial charge in [-0.15, -0.1) is 0 Å². The molecule has 0 radical (unpaired) electrons. The van der Waals surface area contributed by atoms with Gasteiger partial charge in [-0.2, -0.15) is 0 Å². The summed E-state index contributed by atoms with van der Waals surface area (Å²) in [5.74, 6) is 0.566. The maximum atomic E-state index is 13.0. The number of ketones is 2. The van der Waals surface area contributed by atoms with Crippen molar-refractivity contribution in [1.82, 2.24) is 29.6 Å². The van der Waals surface area contributed by atoms with E-state index in [9.17, 15) is 19.2 Å². The van der Waals surface area contributed by atoms with Crippen LogP contribution in [0.4, 0.5) is 0 Å². The Kier molecular flexibility index (Phi) is 17.3. The van der Waals surface area contributed by atoms with E-state index < -0.39 is 0 Å². The summed E-state index contributed by atoms with van der Waals surface area (Å²) in [5, 5.41) is 1.29. The van der Waals surface area contributed by atoms with E-state index in [1.165, 1.54) is 0 Å². The Morgan fingerprint density at radius 2 is 0.956 bits per heavy atom. The van der Waals surface area contributed by atoms with Crippen molar-refractivity contribution in [1.29, 1.82) is 0 Å². The Morgan fingerprint density at radius 3 is 1.29 bits per heavy atom. The van der Waals surface area contributed by atoms with Crippen LogP contribution in [0.25, 0.3) is 0 Å². The van der Waals surface area contributed by atoms with Crippen molar-refractivity contribution in [2.24, 2.45) is 11.8 Å². The first-order valence-electron chi connectivity index (χ1n) is 24.2. The van der Waals surface area contributed by atoms with Gasteiger partial charge in [0.2, 0.25) is 11.8 Å². The third kappa shape index (κ3) is 12.6. The lowest BCUT2D eigenvalue weighted by Gasteiger charge is -2.41. The van der Waals surface area contributed by atoms with Gasteiger partial charge in [0.05, 0.1) is 25.0 Å². The number of halogens is 2. The van der Waals surface area contributed by atoms with Gasteiger partial charge < -0.3 is 19.3 Å². The van der Waals surface area contributed by atoms with Gasteiger partial charge in [0.25, 0.3) is 0 Å². The lowest BCUT2D eigenvalue weighted by molar-refractivity contribution is -0.141. The molecular formula is C54H68Cl2N6O6. The van der Waals surface area contributed by atoms with E-state index in [1.807, 2.05) is 73.9 Å². The van der Waals surface area contributed by atoms with Gasteiger partial charge in [-0.05, 0) is 149 Å². The number of carbonyl (C=O) groups excluding carboxylic acids is 4. The van der Waals surface area contributed by atoms with Crippen LogP contribution >= 0.6 is 23.2 Å². The highest BCUT2D eigenvalue weighted by Crippen LogP contribution is 2.28. The summed E-state index contributed by atoms with van der Waals surface area (Å²) in [7, 11) is 0. The number of ether oxygens (including phenoxy) is 2. The smallest absolute Gasteiger partial charge is 0.228 e. The number of nitrogens with zero attached hydrogens (tertiary/aromatic N) is 6. The second kappa shape index (κ2) is 22.9. The van der Waals surface area contributed by atoms with Gasteiger partial charge in [-0.3, -0.25) is 38.9 Å². The number of hydrogen-bond acceptors (Lipinski definition) is 10. The zero-order valence-corrected chi connectivity index (χ0v) is 42.6. The number of Topliss-reactive ketones (excluding diaryl/α,β-unsaturated/α-hetero) is 2. The predicted molar refractivity (Wildman–Crippen MR) is 267 cm³/mol. The van der Waals surface area contributed by atoms with Gasteiger partial charge >= 0.3 is 0 Å². The molecule has 0 bridgehead atoms. The highest BCUT2D eigenvalue weighted by Gasteiger charge is 2.35. The second-order valence-corrected chi connectivity index (χ2v) is 20.4. The first-order chi connectivity index (χ1) is 32.4. The van der Waals surface area contributed by atoms with Gasteiger partial charge in [0, 0.05) is 135 Å². The fourth-order valence-electron chi connectivity index (χ4n) is 9.85. The van der Waals surface area contributed by atoms with Gasteiger partial charge in [-0.1, -0.05) is 23.2 Å². The number of carbonyl (C=O) groups is 4. The molecule has 0 aliphatic carbocycles. The number of aromatic nitrogens is 2. The molecule has 0 N–H and O–H groups in total. The zero-order valence-electron chi connectivity index (χ0n) is 41.1. The van der Waals surface area contributed by atoms with Crippen molar-refractivity contribution in [3.05, 3.63) is 126 Å². The number of benzene rings is 2. The molecule has 4 aromatic rings. The largest absolute Gasteiger partial charge is 0.381 e. The molecule has 68 heavy (non-hydrogen) atoms. The normalized spacial score (nSPS) is 21.1. The van der Waals surface area contributed by atoms with Crippen molar-refractivity contribution >= 4 is 46.6 Å². The standard InChI is InChI=1S/2C27H34ClN3O3/c2*1-17-9-23(13-29-20(17)4)26(32)12-22-10-25(28)11-24(19(22)3)15-30-6-7-31(18(2)14-30)27(33)21-5-8-34-16-21/h2*9-11,13,18,21H,5-8,12,14-16H2,1-4H3/t18-,21+;18-,21-/m00/s1. The first-order valence-corrected chi connectivity index (χ1v) is 24.9. The Labute approximate surface area is 412 Å². The predicted octanol–water partition coefficient (Wildman–Crippen LogP) is 8.31. The van der Waals surface area contributed by atoms with Crippen LogP contribution in [-0.2, 0) is 45.0 Å². The number of aryl methyl sites for hydroxylation is 4. The quantitative estimate of drug-likeness (QED) is 0.128. The molecule has 12 nitrogen and oxygen atoms in total. The summed E-state index contributed by atoms with van der Waals surface area (Å²) >= 11 is 12.9. The van der Waals surface area contributed by atoms with Crippen molar-refractivity contribution in [2.75, 3.05) is 65.7 Å². The average Bonchev–Trinajstić information content (AvgIpc) is 4.05. The second-order valence-electron chi connectivity index (χ2n) is 19.5. The molecular weight excluding hydrogens is 900 g/mol. The van der Waals surface area contributed by atoms with Crippen molar-refractivity contribution in [3.8, 4) is 0 Å². The summed E-state index contributed by atoms with van der Waals surface area (Å²) in [6.07, 6.45) is 5.56. The molecule has 2 amide bonds. The van der Waals surface area contributed by atoms with Crippen LogP contribution in [0.15, 0.2) is 48.8 Å². The van der Waals surface area contributed by atoms with Crippen LogP contribution in [0.5, 0.6) is 0 Å². The van der Waals surface area contributed by atoms with Gasteiger partial charge in [0.15, 0.2) is 11.6 Å². The minimum atomic E-state index is 0.0109. The third-order valence-corrected chi connectivity index (χ3v) is 15.0. The van der Waals surface area contributed by atoms with Crippen molar-refractivity contribution < 1.29 is 28.7 Å². The molecule has 4 aliphatic heterocycles. The van der Waals surface area contributed by atoms with Crippen LogP contribution in [0, 0.1) is 53.4 Å². The number of rotatable bonds is 12. The summed E-state index contributed by atoms with van der Waals surface area (Å²) in [6, 6.07) is 11.9. The molecule has 364 valence electrons. The maximum absolute atomic E-state index is 13.0. The monoisotopic (exact) mass is 966 g/mol. The summed E-state index contributed by atoms with van der Waals surface area (Å²) in [4.78, 5) is 69.1. The van der Waals surface area contributed by atoms with E-state index >= 15 is 0 Å². The highest BCUT2D eigenvalue weighted by molar-refractivity contribution is 6.31. The van der Waals surface area contributed by atoms with E-state index in [0.29, 0.717) is 60.4 Å². The van der Waals surface area contributed by atoms with Crippen LogP contribution in [0.2, 0.25) is 10.0 Å². The van der Waals surface area contributed by atoms with Crippen molar-refractivity contribution in [2.45, 2.75) is 106 Å². The first kappa shape index (κ1) is 51.3. The minimum Gasteiger partial charge on any atom is -0.381 e. The third-order valence-electron chi connectivity index (χ3n) is 14.5. The summed E-state index contributed by atoms with van der Waals surface area (Å²) in [6.45, 7) is 24.9. The average molecular weight is 968 g/mol. The fraction of sp³-hybridized carbons (Fsp3) is 0.519. The highest BCUT2D eigenvalue weighted by atomic mass is 35.5. The molecule has 4 aliphatic rings. The molecule has 14 heteroatoms. The Balaban J connectivity index is 0.000000201. The molecule has 4 fully saturated rings. The number of pyridine rings is 2. The van der Waals surface area contributed by atoms with Crippen LogP contribution in [0.3, 0.4) is 0 Å². The van der Waals surface area contributed by atoms with Crippen molar-refractivity contribution in [3.63, 3.8) is 0 Å². The van der Waals surface area contributed by atoms with E-state index in [0.717, 1.165) is 121 Å². The molecule has 0 unspecified atom stereocenters. The molecule has 0 spiro atoms. The molecule has 6 heterocycles. The molecule has 4 atom stereocenters. The Morgan fingerprint density at radius 1 is 0.574 bits per heavy atom. The molecule has 8 rings (SSSR count). The number of amides is 2. The maximum Gasteiger partial charge on any atom is 0.228 e. The topological polar surface area (TPSA) is 125 Å². The summed E-state index contributed by atoms with van der Waals surface area (Å²) < 4.78 is 10.8. The Bertz CT molecular complexity index is 2330. The molecule has 2 aromatic heterocycles. The van der Waals surface area contributed by atoms with Crippen LogP contribution < -0.4 is 0 Å². The van der Waals surface area contributed by atoms with E-state index in [2.05, 4.69) is 47.5 Å². The Hall–Kier alpha value is -4.56. The zero-order chi connectivity index (χ0) is 48.8. The van der Waals surface area contributed by atoms with Gasteiger partial charge in [-0.25, -0.2) is 0 Å². The van der Waals surface area contributed by atoms with E-state index in [4.69, 9.17) is 32.7 Å². The lowest BCUT2D eigenvalue weighted by atomic mass is 9.95. The number of hydrogen-bond donors (Lipinski definition) is 0. The molecule has 2 aromatic carbocycles. The summed E-state index contributed by atoms with van der Waals surface area (Å²) in [5.41, 5.74) is 11.5. The van der Waals surface area contributed by atoms with Gasteiger partial charge in [0.1, 0.15) is 0 Å². The number of piperazine rings is 2. The minimum absolute atomic E-state index is 0.0109. The SMILES string of the molecule is Cc1cc(C(=O)Cc2cc(Cl)cc(CN3CCN(C(=O)[C@@H]4CCOC4)[C@@H](C)C3)c2C)cnc1C.Cc1cc(C(=O)Cc2cc(Cl)cc(CN3CCN(C(=O)[C@H]4CCOC4)[C@@H](C)C3)c2C)cnc1C. The molecule has 4 saturated heterocycles.